The van der Waals surface area contributed by atoms with Gasteiger partial charge in [-0.25, -0.2) is 0 Å². The van der Waals surface area contributed by atoms with Crippen molar-refractivity contribution in [2.24, 2.45) is 11.7 Å². The van der Waals surface area contributed by atoms with Crippen LogP contribution in [0, 0.1) is 5.92 Å². The predicted octanol–water partition coefficient (Wildman–Crippen LogP) is 2.80. The molecule has 0 heterocycles. The van der Waals surface area contributed by atoms with Crippen molar-refractivity contribution >= 4 is 17.2 Å². The van der Waals surface area contributed by atoms with Crippen LogP contribution in [0.3, 0.4) is 0 Å². The SMILES string of the molecule is CCN(Cc1ccc(C(N)=S)cc1)CC(C)C. The third-order valence-corrected chi connectivity index (χ3v) is 2.95. The van der Waals surface area contributed by atoms with Gasteiger partial charge in [0.2, 0.25) is 0 Å². The summed E-state index contributed by atoms with van der Waals surface area (Å²) in [6.07, 6.45) is 0. The zero-order chi connectivity index (χ0) is 12.8. The Morgan fingerprint density at radius 3 is 2.29 bits per heavy atom. The van der Waals surface area contributed by atoms with Crippen LogP contribution < -0.4 is 5.73 Å². The monoisotopic (exact) mass is 250 g/mol. The fourth-order valence-electron chi connectivity index (χ4n) is 1.85. The summed E-state index contributed by atoms with van der Waals surface area (Å²) >= 11 is 4.94. The predicted molar refractivity (Wildman–Crippen MR) is 78.1 cm³/mol. The van der Waals surface area contributed by atoms with E-state index in [1.54, 1.807) is 0 Å². The highest BCUT2D eigenvalue weighted by molar-refractivity contribution is 7.80. The van der Waals surface area contributed by atoms with E-state index >= 15 is 0 Å². The number of nitrogens with zero attached hydrogens (tertiary/aromatic N) is 1. The van der Waals surface area contributed by atoms with E-state index in [-0.39, 0.29) is 0 Å². The molecule has 94 valence electrons. The van der Waals surface area contributed by atoms with E-state index in [4.69, 9.17) is 18.0 Å². The first-order valence-electron chi connectivity index (χ1n) is 6.14. The Hall–Kier alpha value is -0.930. The fourth-order valence-corrected chi connectivity index (χ4v) is 1.99. The van der Waals surface area contributed by atoms with Gasteiger partial charge in [-0.05, 0) is 18.0 Å². The summed E-state index contributed by atoms with van der Waals surface area (Å²) in [5, 5.41) is 0. The largest absolute Gasteiger partial charge is 0.389 e. The Balaban J connectivity index is 2.64. The molecule has 0 amide bonds. The molecule has 17 heavy (non-hydrogen) atoms. The van der Waals surface area contributed by atoms with Gasteiger partial charge in [-0.1, -0.05) is 57.3 Å². The van der Waals surface area contributed by atoms with E-state index < -0.39 is 0 Å². The molecular weight excluding hydrogens is 228 g/mol. The summed E-state index contributed by atoms with van der Waals surface area (Å²) in [6.45, 7) is 9.90. The van der Waals surface area contributed by atoms with E-state index in [2.05, 4.69) is 37.8 Å². The fraction of sp³-hybridized carbons (Fsp3) is 0.500. The van der Waals surface area contributed by atoms with Gasteiger partial charge in [0.1, 0.15) is 4.99 Å². The molecule has 2 N–H and O–H groups in total. The van der Waals surface area contributed by atoms with E-state index in [0.717, 1.165) is 25.2 Å². The molecule has 0 aliphatic heterocycles. The number of nitrogens with two attached hydrogens (primary N) is 1. The lowest BCUT2D eigenvalue weighted by Crippen LogP contribution is -2.27. The van der Waals surface area contributed by atoms with Crippen LogP contribution in [0.1, 0.15) is 31.9 Å². The van der Waals surface area contributed by atoms with Gasteiger partial charge in [0.25, 0.3) is 0 Å². The maximum Gasteiger partial charge on any atom is 0.103 e. The second-order valence-electron chi connectivity index (χ2n) is 4.78. The molecule has 0 fully saturated rings. The van der Waals surface area contributed by atoms with E-state index in [9.17, 15) is 0 Å². The van der Waals surface area contributed by atoms with E-state index in [1.807, 2.05) is 12.1 Å². The van der Waals surface area contributed by atoms with E-state index in [1.165, 1.54) is 5.56 Å². The molecule has 0 aromatic heterocycles. The van der Waals surface area contributed by atoms with Gasteiger partial charge in [-0.3, -0.25) is 4.90 Å². The van der Waals surface area contributed by atoms with Gasteiger partial charge in [0.05, 0.1) is 0 Å². The van der Waals surface area contributed by atoms with Crippen LogP contribution in [0.5, 0.6) is 0 Å². The molecule has 0 radical (unpaired) electrons. The average Bonchev–Trinajstić information content (AvgIpc) is 2.28. The number of hydrogen-bond donors (Lipinski definition) is 1. The molecule has 0 aliphatic rings. The van der Waals surface area contributed by atoms with Crippen LogP contribution >= 0.6 is 12.2 Å². The third kappa shape index (κ3) is 4.84. The lowest BCUT2D eigenvalue weighted by atomic mass is 10.1. The topological polar surface area (TPSA) is 29.3 Å². The van der Waals surface area contributed by atoms with Gasteiger partial charge >= 0.3 is 0 Å². The average molecular weight is 250 g/mol. The van der Waals surface area contributed by atoms with E-state index in [0.29, 0.717) is 10.9 Å². The highest BCUT2D eigenvalue weighted by atomic mass is 32.1. The van der Waals surface area contributed by atoms with Crippen molar-refractivity contribution in [3.8, 4) is 0 Å². The normalized spacial score (nSPS) is 11.1. The summed E-state index contributed by atoms with van der Waals surface area (Å²) in [6, 6.07) is 8.22. The van der Waals surface area contributed by atoms with Crippen molar-refractivity contribution in [3.63, 3.8) is 0 Å². The molecule has 0 saturated carbocycles. The number of rotatable bonds is 6. The van der Waals surface area contributed by atoms with Crippen LogP contribution in [-0.2, 0) is 6.54 Å². The van der Waals surface area contributed by atoms with Crippen molar-refractivity contribution in [3.05, 3.63) is 35.4 Å². The first-order chi connectivity index (χ1) is 8.02. The molecule has 1 rings (SSSR count). The van der Waals surface area contributed by atoms with Crippen LogP contribution in [-0.4, -0.2) is 23.0 Å². The Kier molecular flexibility index (Phi) is 5.59. The standard InChI is InChI=1S/C14H22N2S/c1-4-16(9-11(2)3)10-12-5-7-13(8-6-12)14(15)17/h5-8,11H,4,9-10H2,1-3H3,(H2,15,17). The second-order valence-corrected chi connectivity index (χ2v) is 5.22. The van der Waals surface area contributed by atoms with Crippen molar-refractivity contribution < 1.29 is 0 Å². The molecule has 0 aliphatic carbocycles. The van der Waals surface area contributed by atoms with Crippen molar-refractivity contribution in [2.75, 3.05) is 13.1 Å². The van der Waals surface area contributed by atoms with Crippen molar-refractivity contribution in [1.29, 1.82) is 0 Å². The maximum absolute atomic E-state index is 5.58. The summed E-state index contributed by atoms with van der Waals surface area (Å²) in [5.74, 6) is 0.700. The molecule has 0 unspecified atom stereocenters. The zero-order valence-electron chi connectivity index (χ0n) is 10.9. The highest BCUT2D eigenvalue weighted by Crippen LogP contribution is 2.09. The molecule has 3 heteroatoms. The molecule has 1 aromatic rings. The smallest absolute Gasteiger partial charge is 0.103 e. The molecule has 1 aromatic carbocycles. The Morgan fingerprint density at radius 1 is 1.29 bits per heavy atom. The minimum Gasteiger partial charge on any atom is -0.389 e. The Bertz CT molecular complexity index is 357. The van der Waals surface area contributed by atoms with Gasteiger partial charge in [0.15, 0.2) is 0 Å². The summed E-state index contributed by atoms with van der Waals surface area (Å²) in [5.41, 5.74) is 7.83. The molecule has 0 bridgehead atoms. The van der Waals surface area contributed by atoms with Gasteiger partial charge in [-0.2, -0.15) is 0 Å². The first-order valence-corrected chi connectivity index (χ1v) is 6.54. The zero-order valence-corrected chi connectivity index (χ0v) is 11.8. The van der Waals surface area contributed by atoms with Crippen molar-refractivity contribution in [2.45, 2.75) is 27.3 Å². The lowest BCUT2D eigenvalue weighted by molar-refractivity contribution is 0.248. The van der Waals surface area contributed by atoms with Crippen LogP contribution in [0.2, 0.25) is 0 Å². The number of benzene rings is 1. The molecule has 0 atom stereocenters. The highest BCUT2D eigenvalue weighted by Gasteiger charge is 2.06. The lowest BCUT2D eigenvalue weighted by Gasteiger charge is -2.22. The number of hydrogen-bond acceptors (Lipinski definition) is 2. The molecule has 2 nitrogen and oxygen atoms in total. The Labute approximate surface area is 110 Å². The summed E-state index contributed by atoms with van der Waals surface area (Å²) in [4.78, 5) is 2.91. The van der Waals surface area contributed by atoms with Crippen molar-refractivity contribution in [1.82, 2.24) is 4.90 Å². The summed E-state index contributed by atoms with van der Waals surface area (Å²) in [7, 11) is 0. The number of thiocarbonyl (C=S) groups is 1. The second kappa shape index (κ2) is 6.72. The van der Waals surface area contributed by atoms with Gasteiger partial charge in [0, 0.05) is 18.7 Å². The third-order valence-electron chi connectivity index (χ3n) is 2.72. The van der Waals surface area contributed by atoms with Crippen LogP contribution in [0.15, 0.2) is 24.3 Å². The quantitative estimate of drug-likeness (QED) is 0.787. The molecular formula is C14H22N2S. The van der Waals surface area contributed by atoms with Crippen LogP contribution in [0.4, 0.5) is 0 Å². The minimum atomic E-state index is 0.464. The molecule has 0 spiro atoms. The minimum absolute atomic E-state index is 0.464. The molecule has 0 saturated heterocycles. The maximum atomic E-state index is 5.58. The Morgan fingerprint density at radius 2 is 1.88 bits per heavy atom. The first kappa shape index (κ1) is 14.1. The summed E-state index contributed by atoms with van der Waals surface area (Å²) < 4.78 is 0. The van der Waals surface area contributed by atoms with Gasteiger partial charge < -0.3 is 5.73 Å². The van der Waals surface area contributed by atoms with Crippen LogP contribution in [0.25, 0.3) is 0 Å². The van der Waals surface area contributed by atoms with Gasteiger partial charge in [-0.15, -0.1) is 0 Å².